The molecule has 0 aliphatic carbocycles. The molecule has 0 spiro atoms. The third kappa shape index (κ3) is 3.17. The van der Waals surface area contributed by atoms with Gasteiger partial charge in [0.25, 0.3) is 0 Å². The number of ether oxygens (including phenoxy) is 1. The average molecular weight is 318 g/mol. The molecule has 6 heteroatoms. The lowest BCUT2D eigenvalue weighted by atomic mass is 10.1. The molecule has 1 aliphatic heterocycles. The molecule has 0 amide bonds. The molecule has 0 aromatic heterocycles. The van der Waals surface area contributed by atoms with Crippen molar-refractivity contribution in [3.05, 3.63) is 29.3 Å². The van der Waals surface area contributed by atoms with Gasteiger partial charge in [-0.1, -0.05) is 12.1 Å². The number of sulfonamides is 1. The summed E-state index contributed by atoms with van der Waals surface area (Å²) >= 11 is 5.84. The zero-order chi connectivity index (χ0) is 14.8. The summed E-state index contributed by atoms with van der Waals surface area (Å²) in [4.78, 5) is 0.330. The molecule has 1 saturated heterocycles. The number of hydrogen-bond donors (Lipinski definition) is 0. The number of rotatable bonds is 5. The normalized spacial score (nSPS) is 19.7. The van der Waals surface area contributed by atoms with Crippen molar-refractivity contribution < 1.29 is 13.2 Å². The van der Waals surface area contributed by atoms with Gasteiger partial charge in [-0.2, -0.15) is 4.31 Å². The van der Waals surface area contributed by atoms with E-state index in [1.807, 2.05) is 6.07 Å². The maximum atomic E-state index is 12.6. The second kappa shape index (κ2) is 6.43. The summed E-state index contributed by atoms with van der Waals surface area (Å²) in [5.41, 5.74) is 1.57. The van der Waals surface area contributed by atoms with Crippen LogP contribution in [0.3, 0.4) is 0 Å². The monoisotopic (exact) mass is 317 g/mol. The Kier molecular flexibility index (Phi) is 5.07. The summed E-state index contributed by atoms with van der Waals surface area (Å²) in [5, 5.41) is 0. The highest BCUT2D eigenvalue weighted by atomic mass is 35.5. The van der Waals surface area contributed by atoms with E-state index in [0.717, 1.165) is 30.6 Å². The zero-order valence-corrected chi connectivity index (χ0v) is 13.4. The smallest absolute Gasteiger partial charge is 0.243 e. The second-order valence-electron chi connectivity index (χ2n) is 5.09. The first-order valence-corrected chi connectivity index (χ1v) is 8.66. The van der Waals surface area contributed by atoms with E-state index in [2.05, 4.69) is 0 Å². The second-order valence-corrected chi connectivity index (χ2v) is 7.38. The summed E-state index contributed by atoms with van der Waals surface area (Å²) in [6.45, 7) is 2.91. The highest BCUT2D eigenvalue weighted by molar-refractivity contribution is 7.89. The Morgan fingerprint density at radius 2 is 2.20 bits per heavy atom. The fourth-order valence-corrected chi connectivity index (χ4v) is 4.18. The SMILES string of the molecule is Cc1c(CCl)cccc1S(=O)(=O)N(C)CC1CCCO1. The van der Waals surface area contributed by atoms with Crippen molar-refractivity contribution in [2.75, 3.05) is 20.2 Å². The van der Waals surface area contributed by atoms with Crippen LogP contribution < -0.4 is 0 Å². The molecular weight excluding hydrogens is 298 g/mol. The standard InChI is InChI=1S/C14H20ClNO3S/c1-11-12(9-15)5-3-7-14(11)20(17,18)16(2)10-13-6-4-8-19-13/h3,5,7,13H,4,6,8-10H2,1-2H3. The Balaban J connectivity index is 2.25. The number of benzene rings is 1. The minimum Gasteiger partial charge on any atom is -0.377 e. The maximum Gasteiger partial charge on any atom is 0.243 e. The van der Waals surface area contributed by atoms with Crippen LogP contribution in [0, 0.1) is 6.92 Å². The molecule has 1 fully saturated rings. The molecule has 4 nitrogen and oxygen atoms in total. The van der Waals surface area contributed by atoms with Crippen molar-refractivity contribution in [2.24, 2.45) is 0 Å². The topological polar surface area (TPSA) is 46.6 Å². The largest absolute Gasteiger partial charge is 0.377 e. The minimum atomic E-state index is -3.50. The number of likely N-dealkylation sites (N-methyl/N-ethyl adjacent to an activating group) is 1. The van der Waals surface area contributed by atoms with Crippen molar-refractivity contribution in [3.8, 4) is 0 Å². The van der Waals surface area contributed by atoms with Gasteiger partial charge in [-0.05, 0) is 37.0 Å². The Hall–Kier alpha value is -0.620. The van der Waals surface area contributed by atoms with E-state index in [-0.39, 0.29) is 6.10 Å². The molecule has 1 atom stereocenters. The van der Waals surface area contributed by atoms with Crippen molar-refractivity contribution in [3.63, 3.8) is 0 Å². The van der Waals surface area contributed by atoms with Gasteiger partial charge in [0, 0.05) is 26.1 Å². The molecule has 1 unspecified atom stereocenters. The third-order valence-electron chi connectivity index (χ3n) is 3.71. The van der Waals surface area contributed by atoms with Crippen molar-refractivity contribution in [1.29, 1.82) is 0 Å². The van der Waals surface area contributed by atoms with Crippen LogP contribution in [-0.4, -0.2) is 39.0 Å². The summed E-state index contributed by atoms with van der Waals surface area (Å²) < 4.78 is 32.2. The number of halogens is 1. The summed E-state index contributed by atoms with van der Waals surface area (Å²) in [6.07, 6.45) is 1.92. The van der Waals surface area contributed by atoms with Gasteiger partial charge in [0.1, 0.15) is 0 Å². The van der Waals surface area contributed by atoms with Crippen LogP contribution >= 0.6 is 11.6 Å². The molecule has 0 N–H and O–H groups in total. The molecule has 1 heterocycles. The van der Waals surface area contributed by atoms with Crippen LogP contribution in [0.25, 0.3) is 0 Å². The molecule has 0 bridgehead atoms. The van der Waals surface area contributed by atoms with E-state index in [4.69, 9.17) is 16.3 Å². The van der Waals surface area contributed by atoms with E-state index in [1.54, 1.807) is 26.1 Å². The first kappa shape index (κ1) is 15.8. The van der Waals surface area contributed by atoms with Crippen molar-refractivity contribution >= 4 is 21.6 Å². The van der Waals surface area contributed by atoms with Crippen LogP contribution in [0.15, 0.2) is 23.1 Å². The van der Waals surface area contributed by atoms with Gasteiger partial charge in [0.2, 0.25) is 10.0 Å². The van der Waals surface area contributed by atoms with Crippen LogP contribution in [0.2, 0.25) is 0 Å². The Bertz CT molecular complexity index is 568. The Morgan fingerprint density at radius 3 is 2.80 bits per heavy atom. The summed E-state index contributed by atoms with van der Waals surface area (Å²) in [7, 11) is -1.89. The highest BCUT2D eigenvalue weighted by Gasteiger charge is 2.27. The molecule has 1 aliphatic rings. The lowest BCUT2D eigenvalue weighted by Crippen LogP contribution is -2.34. The van der Waals surface area contributed by atoms with Gasteiger partial charge < -0.3 is 4.74 Å². The van der Waals surface area contributed by atoms with Crippen LogP contribution in [0.5, 0.6) is 0 Å². The van der Waals surface area contributed by atoms with Gasteiger partial charge >= 0.3 is 0 Å². The number of alkyl halides is 1. The molecule has 1 aromatic carbocycles. The Morgan fingerprint density at radius 1 is 1.45 bits per heavy atom. The fourth-order valence-electron chi connectivity index (χ4n) is 2.43. The molecular formula is C14H20ClNO3S. The molecule has 0 radical (unpaired) electrons. The van der Waals surface area contributed by atoms with Crippen LogP contribution in [-0.2, 0) is 20.6 Å². The van der Waals surface area contributed by atoms with E-state index in [0.29, 0.717) is 17.3 Å². The van der Waals surface area contributed by atoms with Gasteiger partial charge in [0.15, 0.2) is 0 Å². The summed E-state index contributed by atoms with van der Waals surface area (Å²) in [6, 6.07) is 5.21. The first-order valence-electron chi connectivity index (χ1n) is 6.69. The lowest BCUT2D eigenvalue weighted by molar-refractivity contribution is 0.0979. The van der Waals surface area contributed by atoms with E-state index >= 15 is 0 Å². The highest BCUT2D eigenvalue weighted by Crippen LogP contribution is 2.24. The van der Waals surface area contributed by atoms with Crippen LogP contribution in [0.4, 0.5) is 0 Å². The molecule has 1 aromatic rings. The average Bonchev–Trinajstić information content (AvgIpc) is 2.91. The summed E-state index contributed by atoms with van der Waals surface area (Å²) in [5.74, 6) is 0.310. The zero-order valence-electron chi connectivity index (χ0n) is 11.8. The van der Waals surface area contributed by atoms with Crippen molar-refractivity contribution in [1.82, 2.24) is 4.31 Å². The molecule has 20 heavy (non-hydrogen) atoms. The van der Waals surface area contributed by atoms with E-state index in [9.17, 15) is 8.42 Å². The van der Waals surface area contributed by atoms with Gasteiger partial charge in [-0.25, -0.2) is 8.42 Å². The molecule has 2 rings (SSSR count). The predicted molar refractivity (Wildman–Crippen MR) is 79.5 cm³/mol. The number of nitrogens with zero attached hydrogens (tertiary/aromatic N) is 1. The molecule has 112 valence electrons. The van der Waals surface area contributed by atoms with Gasteiger partial charge in [-0.3, -0.25) is 0 Å². The van der Waals surface area contributed by atoms with Gasteiger partial charge in [0.05, 0.1) is 11.0 Å². The van der Waals surface area contributed by atoms with E-state index < -0.39 is 10.0 Å². The maximum absolute atomic E-state index is 12.6. The van der Waals surface area contributed by atoms with E-state index in [1.165, 1.54) is 4.31 Å². The Labute approximate surface area is 125 Å². The quantitative estimate of drug-likeness (QED) is 0.784. The predicted octanol–water partition coefficient (Wildman–Crippen LogP) is 2.53. The van der Waals surface area contributed by atoms with Gasteiger partial charge in [-0.15, -0.1) is 11.6 Å². The first-order chi connectivity index (χ1) is 9.46. The third-order valence-corrected chi connectivity index (χ3v) is 5.97. The molecule has 0 saturated carbocycles. The lowest BCUT2D eigenvalue weighted by Gasteiger charge is -2.22. The number of hydrogen-bond acceptors (Lipinski definition) is 3. The minimum absolute atomic E-state index is 0.00582. The fraction of sp³-hybridized carbons (Fsp3) is 0.571. The van der Waals surface area contributed by atoms with Crippen LogP contribution in [0.1, 0.15) is 24.0 Å². The van der Waals surface area contributed by atoms with Crippen molar-refractivity contribution in [2.45, 2.75) is 36.6 Å².